The van der Waals surface area contributed by atoms with Crippen LogP contribution in [0.1, 0.15) is 33.6 Å². The minimum Gasteiger partial charge on any atom is -0.444 e. The van der Waals surface area contributed by atoms with Gasteiger partial charge in [-0.2, -0.15) is 4.31 Å². The van der Waals surface area contributed by atoms with E-state index in [4.69, 9.17) is 4.74 Å². The van der Waals surface area contributed by atoms with E-state index in [1.807, 2.05) is 0 Å². The first-order valence-electron chi connectivity index (χ1n) is 7.22. The van der Waals surface area contributed by atoms with Gasteiger partial charge in [-0.05, 0) is 45.1 Å². The molecule has 1 aliphatic rings. The van der Waals surface area contributed by atoms with Crippen LogP contribution in [0.3, 0.4) is 0 Å². The van der Waals surface area contributed by atoms with Crippen LogP contribution in [0.25, 0.3) is 0 Å². The monoisotopic (exact) mass is 346 g/mol. The van der Waals surface area contributed by atoms with Crippen LogP contribution in [0.2, 0.25) is 0 Å². The summed E-state index contributed by atoms with van der Waals surface area (Å²) in [5, 5.41) is 4.41. The van der Waals surface area contributed by atoms with Gasteiger partial charge in [-0.25, -0.2) is 13.2 Å². The zero-order valence-electron chi connectivity index (χ0n) is 13.0. The Labute approximate surface area is 135 Å². The van der Waals surface area contributed by atoms with Gasteiger partial charge in [0, 0.05) is 19.1 Å². The molecule has 6 nitrogen and oxygen atoms in total. The van der Waals surface area contributed by atoms with E-state index >= 15 is 0 Å². The van der Waals surface area contributed by atoms with Crippen molar-refractivity contribution in [3.63, 3.8) is 0 Å². The molecule has 8 heteroatoms. The highest BCUT2D eigenvalue weighted by Crippen LogP contribution is 2.28. The molecule has 124 valence electrons. The van der Waals surface area contributed by atoms with Crippen molar-refractivity contribution in [2.24, 2.45) is 0 Å². The van der Waals surface area contributed by atoms with E-state index in [-0.39, 0.29) is 12.6 Å². The highest BCUT2D eigenvalue weighted by atomic mass is 32.2. The van der Waals surface area contributed by atoms with Crippen LogP contribution in [-0.4, -0.2) is 43.5 Å². The molecule has 1 saturated heterocycles. The van der Waals surface area contributed by atoms with Crippen LogP contribution < -0.4 is 5.32 Å². The van der Waals surface area contributed by atoms with E-state index in [1.54, 1.807) is 38.3 Å². The molecule has 2 heterocycles. The number of hydrogen-bond donors (Lipinski definition) is 1. The summed E-state index contributed by atoms with van der Waals surface area (Å²) in [6.45, 7) is 6.11. The van der Waals surface area contributed by atoms with Crippen LogP contribution in [-0.2, 0) is 14.8 Å². The summed E-state index contributed by atoms with van der Waals surface area (Å²) < 4.78 is 32.1. The Hall–Kier alpha value is -1.12. The molecule has 0 radical (unpaired) electrons. The van der Waals surface area contributed by atoms with Gasteiger partial charge in [-0.3, -0.25) is 0 Å². The Kier molecular flexibility index (Phi) is 5.14. The maximum absolute atomic E-state index is 12.6. The van der Waals surface area contributed by atoms with Crippen molar-refractivity contribution >= 4 is 27.5 Å². The minimum absolute atomic E-state index is 0.223. The van der Waals surface area contributed by atoms with Gasteiger partial charge < -0.3 is 10.1 Å². The molecule has 1 aromatic heterocycles. The quantitative estimate of drug-likeness (QED) is 0.908. The smallest absolute Gasteiger partial charge is 0.407 e. The van der Waals surface area contributed by atoms with Gasteiger partial charge in [0.05, 0.1) is 0 Å². The van der Waals surface area contributed by atoms with Crippen molar-refractivity contribution in [2.75, 3.05) is 13.1 Å². The summed E-state index contributed by atoms with van der Waals surface area (Å²) in [4.78, 5) is 11.7. The molecular formula is C14H22N2O4S2. The van der Waals surface area contributed by atoms with E-state index in [0.717, 1.165) is 12.8 Å². The predicted molar refractivity (Wildman–Crippen MR) is 85.5 cm³/mol. The molecule has 0 saturated carbocycles. The van der Waals surface area contributed by atoms with E-state index < -0.39 is 21.7 Å². The zero-order chi connectivity index (χ0) is 16.4. The van der Waals surface area contributed by atoms with Gasteiger partial charge in [0.1, 0.15) is 9.81 Å². The van der Waals surface area contributed by atoms with Gasteiger partial charge in [0.15, 0.2) is 0 Å². The molecule has 1 N–H and O–H groups in total. The van der Waals surface area contributed by atoms with Gasteiger partial charge in [0.2, 0.25) is 0 Å². The predicted octanol–water partition coefficient (Wildman–Crippen LogP) is 2.43. The molecule has 1 atom stereocenters. The van der Waals surface area contributed by atoms with Crippen LogP contribution in [0.4, 0.5) is 4.79 Å². The number of sulfonamides is 1. The number of amides is 1. The molecule has 1 aromatic rings. The lowest BCUT2D eigenvalue weighted by Crippen LogP contribution is -2.44. The molecule has 0 aromatic carbocycles. The molecule has 2 rings (SSSR count). The van der Waals surface area contributed by atoms with Crippen molar-refractivity contribution < 1.29 is 17.9 Å². The maximum Gasteiger partial charge on any atom is 0.407 e. The van der Waals surface area contributed by atoms with E-state index in [9.17, 15) is 13.2 Å². The molecule has 1 fully saturated rings. The van der Waals surface area contributed by atoms with Crippen LogP contribution >= 0.6 is 11.3 Å². The standard InChI is InChI=1S/C14H22N2O4S2/c1-14(2,3)20-13(17)15-10-11-6-4-8-16(11)22(18,19)12-7-5-9-21-12/h5,7,9,11H,4,6,8,10H2,1-3H3,(H,15,17). The van der Waals surface area contributed by atoms with E-state index in [0.29, 0.717) is 10.8 Å². The third-order valence-corrected chi connectivity index (χ3v) is 6.59. The highest BCUT2D eigenvalue weighted by Gasteiger charge is 2.36. The van der Waals surface area contributed by atoms with Gasteiger partial charge in [-0.1, -0.05) is 6.07 Å². The Balaban J connectivity index is 1.98. The summed E-state index contributed by atoms with van der Waals surface area (Å²) in [7, 11) is -3.47. The number of alkyl carbamates (subject to hydrolysis) is 1. The second-order valence-electron chi connectivity index (χ2n) is 6.23. The van der Waals surface area contributed by atoms with Crippen molar-refractivity contribution in [1.82, 2.24) is 9.62 Å². The number of carbonyl (C=O) groups excluding carboxylic acids is 1. The molecule has 0 spiro atoms. The van der Waals surface area contributed by atoms with E-state index in [1.165, 1.54) is 15.6 Å². The van der Waals surface area contributed by atoms with Crippen molar-refractivity contribution in [3.8, 4) is 0 Å². The fraction of sp³-hybridized carbons (Fsp3) is 0.643. The molecule has 1 aliphatic heterocycles. The summed E-state index contributed by atoms with van der Waals surface area (Å²) in [5.74, 6) is 0. The molecule has 1 unspecified atom stereocenters. The lowest BCUT2D eigenvalue weighted by atomic mass is 10.2. The highest BCUT2D eigenvalue weighted by molar-refractivity contribution is 7.91. The molecule has 0 aliphatic carbocycles. The third kappa shape index (κ3) is 4.21. The van der Waals surface area contributed by atoms with Crippen LogP contribution in [0.15, 0.2) is 21.7 Å². The summed E-state index contributed by atoms with van der Waals surface area (Å²) >= 11 is 1.21. The number of nitrogens with one attached hydrogen (secondary N) is 1. The number of nitrogens with zero attached hydrogens (tertiary/aromatic N) is 1. The lowest BCUT2D eigenvalue weighted by molar-refractivity contribution is 0.0519. The number of rotatable bonds is 4. The van der Waals surface area contributed by atoms with E-state index in [2.05, 4.69) is 5.32 Å². The normalized spacial score (nSPS) is 20.0. The average molecular weight is 346 g/mol. The van der Waals surface area contributed by atoms with Crippen LogP contribution in [0, 0.1) is 0 Å². The molecule has 22 heavy (non-hydrogen) atoms. The number of thiophene rings is 1. The fourth-order valence-corrected chi connectivity index (χ4v) is 5.18. The average Bonchev–Trinajstić information content (AvgIpc) is 3.06. The van der Waals surface area contributed by atoms with Gasteiger partial charge in [0.25, 0.3) is 10.0 Å². The van der Waals surface area contributed by atoms with Crippen molar-refractivity contribution in [3.05, 3.63) is 17.5 Å². The third-order valence-electron chi connectivity index (χ3n) is 3.26. The first kappa shape index (κ1) is 17.2. The first-order valence-corrected chi connectivity index (χ1v) is 9.54. The fourth-order valence-electron chi connectivity index (χ4n) is 2.37. The molecule has 0 bridgehead atoms. The Morgan fingerprint density at radius 1 is 1.50 bits per heavy atom. The number of ether oxygens (including phenoxy) is 1. The second kappa shape index (κ2) is 6.55. The number of hydrogen-bond acceptors (Lipinski definition) is 5. The molecular weight excluding hydrogens is 324 g/mol. The van der Waals surface area contributed by atoms with Gasteiger partial charge >= 0.3 is 6.09 Å². The second-order valence-corrected chi connectivity index (χ2v) is 9.29. The lowest BCUT2D eigenvalue weighted by Gasteiger charge is -2.25. The van der Waals surface area contributed by atoms with Crippen LogP contribution in [0.5, 0.6) is 0 Å². The Bertz CT molecular complexity index is 605. The zero-order valence-corrected chi connectivity index (χ0v) is 14.7. The van der Waals surface area contributed by atoms with Crippen molar-refractivity contribution in [1.29, 1.82) is 0 Å². The first-order chi connectivity index (χ1) is 10.2. The Morgan fingerprint density at radius 2 is 2.23 bits per heavy atom. The maximum atomic E-state index is 12.6. The Morgan fingerprint density at radius 3 is 2.82 bits per heavy atom. The SMILES string of the molecule is CC(C)(C)OC(=O)NCC1CCCN1S(=O)(=O)c1cccs1. The van der Waals surface area contributed by atoms with Crippen molar-refractivity contribution in [2.45, 2.75) is 49.5 Å². The topological polar surface area (TPSA) is 75.7 Å². The molecule has 1 amide bonds. The summed E-state index contributed by atoms with van der Waals surface area (Å²) in [6, 6.07) is 3.11. The minimum atomic E-state index is -3.47. The number of carbonyl (C=O) groups is 1. The largest absolute Gasteiger partial charge is 0.444 e. The summed E-state index contributed by atoms with van der Waals surface area (Å²) in [5.41, 5.74) is -0.567. The van der Waals surface area contributed by atoms with Gasteiger partial charge in [-0.15, -0.1) is 11.3 Å². The summed E-state index contributed by atoms with van der Waals surface area (Å²) in [6.07, 6.45) is 1.01.